The Labute approximate surface area is 394 Å². The zero-order chi connectivity index (χ0) is 45.4. The molecule has 68 heavy (non-hydrogen) atoms. The molecule has 316 valence electrons. The van der Waals surface area contributed by atoms with Crippen molar-refractivity contribution in [2.75, 3.05) is 0 Å². The van der Waals surface area contributed by atoms with Crippen molar-refractivity contribution >= 4 is 32.3 Å². The molecular formula is C64H40N4. The zero-order valence-corrected chi connectivity index (χ0v) is 36.9. The predicted molar refractivity (Wildman–Crippen MR) is 281 cm³/mol. The van der Waals surface area contributed by atoms with Crippen molar-refractivity contribution in [3.05, 3.63) is 248 Å². The summed E-state index contributed by atoms with van der Waals surface area (Å²) < 4.78 is 0. The Morgan fingerprint density at radius 1 is 0.250 bits per heavy atom. The van der Waals surface area contributed by atoms with Crippen LogP contribution in [0.4, 0.5) is 0 Å². The van der Waals surface area contributed by atoms with Crippen LogP contribution < -0.4 is 0 Å². The van der Waals surface area contributed by atoms with E-state index in [1.807, 2.05) is 60.7 Å². The number of hydrogen-bond donors (Lipinski definition) is 0. The number of hydrogen-bond acceptors (Lipinski definition) is 4. The van der Waals surface area contributed by atoms with Crippen molar-refractivity contribution in [3.8, 4) is 95.9 Å². The van der Waals surface area contributed by atoms with E-state index in [0.717, 1.165) is 72.1 Å². The van der Waals surface area contributed by atoms with Crippen molar-refractivity contribution in [2.45, 2.75) is 0 Å². The Morgan fingerprint density at radius 3 is 1.37 bits per heavy atom. The van der Waals surface area contributed by atoms with Gasteiger partial charge in [-0.2, -0.15) is 5.26 Å². The summed E-state index contributed by atoms with van der Waals surface area (Å²) in [5, 5.41) is 17.8. The normalized spacial score (nSPS) is 11.2. The second-order valence-corrected chi connectivity index (χ2v) is 17.0. The largest absolute Gasteiger partial charge is 0.208 e. The maximum Gasteiger partial charge on any atom is 0.164 e. The molecule has 0 fully saturated rings. The lowest BCUT2D eigenvalue weighted by Crippen LogP contribution is -2.02. The molecule has 0 amide bonds. The lowest BCUT2D eigenvalue weighted by molar-refractivity contribution is 1.07. The van der Waals surface area contributed by atoms with Crippen LogP contribution in [-0.4, -0.2) is 15.0 Å². The molecule has 0 aliphatic rings. The van der Waals surface area contributed by atoms with Crippen molar-refractivity contribution in [3.63, 3.8) is 0 Å². The summed E-state index contributed by atoms with van der Waals surface area (Å²) in [5.41, 5.74) is 13.6. The van der Waals surface area contributed by atoms with Gasteiger partial charge >= 0.3 is 0 Å². The average Bonchev–Trinajstić information content (AvgIpc) is 3.42. The zero-order valence-electron chi connectivity index (χ0n) is 36.9. The van der Waals surface area contributed by atoms with Crippen molar-refractivity contribution in [1.82, 2.24) is 15.0 Å². The fourth-order valence-electron chi connectivity index (χ4n) is 9.77. The number of nitrogens with zero attached hydrogens (tertiary/aromatic N) is 4. The van der Waals surface area contributed by atoms with Gasteiger partial charge in [-0.15, -0.1) is 0 Å². The molecule has 0 spiro atoms. The monoisotopic (exact) mass is 864 g/mol. The van der Waals surface area contributed by atoms with Crippen LogP contribution in [0.2, 0.25) is 0 Å². The molecule has 0 aliphatic carbocycles. The number of rotatable bonds is 8. The van der Waals surface area contributed by atoms with E-state index < -0.39 is 0 Å². The fourth-order valence-corrected chi connectivity index (χ4v) is 9.77. The lowest BCUT2D eigenvalue weighted by atomic mass is 9.88. The molecule has 12 rings (SSSR count). The van der Waals surface area contributed by atoms with Crippen LogP contribution in [0.5, 0.6) is 0 Å². The van der Waals surface area contributed by atoms with Gasteiger partial charge in [0, 0.05) is 16.7 Å². The first-order valence-electron chi connectivity index (χ1n) is 22.8. The summed E-state index contributed by atoms with van der Waals surface area (Å²) in [4.78, 5) is 15.7. The van der Waals surface area contributed by atoms with E-state index in [9.17, 15) is 5.26 Å². The molecule has 0 aliphatic heterocycles. The van der Waals surface area contributed by atoms with E-state index >= 15 is 0 Å². The van der Waals surface area contributed by atoms with Crippen molar-refractivity contribution < 1.29 is 0 Å². The Bertz CT molecular complexity index is 3940. The molecule has 0 radical (unpaired) electrons. The van der Waals surface area contributed by atoms with Gasteiger partial charge in [-0.3, -0.25) is 0 Å². The van der Waals surface area contributed by atoms with Gasteiger partial charge in [-0.1, -0.05) is 212 Å². The quantitative estimate of drug-likeness (QED) is 0.143. The number of aromatic nitrogens is 3. The second-order valence-electron chi connectivity index (χ2n) is 17.0. The Morgan fingerprint density at radius 2 is 0.676 bits per heavy atom. The number of benzene rings is 11. The topological polar surface area (TPSA) is 62.5 Å². The fraction of sp³-hybridized carbons (Fsp3) is 0. The van der Waals surface area contributed by atoms with Crippen LogP contribution in [0.15, 0.2) is 243 Å². The summed E-state index contributed by atoms with van der Waals surface area (Å²) in [6.45, 7) is 0. The lowest BCUT2D eigenvalue weighted by Gasteiger charge is -2.16. The maximum absolute atomic E-state index is 10.6. The molecule has 1 aromatic heterocycles. The average molecular weight is 865 g/mol. The highest BCUT2D eigenvalue weighted by molar-refractivity contribution is 6.14. The van der Waals surface area contributed by atoms with Gasteiger partial charge < -0.3 is 0 Å². The minimum atomic E-state index is 0.541. The summed E-state index contributed by atoms with van der Waals surface area (Å²) in [7, 11) is 0. The highest BCUT2D eigenvalue weighted by Crippen LogP contribution is 2.42. The summed E-state index contributed by atoms with van der Waals surface area (Å²) in [5.74, 6) is 1.69. The Kier molecular flexibility index (Phi) is 10.2. The van der Waals surface area contributed by atoms with Crippen LogP contribution in [0.3, 0.4) is 0 Å². The minimum Gasteiger partial charge on any atom is -0.208 e. The highest BCUT2D eigenvalue weighted by Gasteiger charge is 2.20. The molecule has 11 aromatic carbocycles. The van der Waals surface area contributed by atoms with Gasteiger partial charge in [0.15, 0.2) is 17.5 Å². The smallest absolute Gasteiger partial charge is 0.164 e. The number of nitriles is 1. The van der Waals surface area contributed by atoms with Crippen molar-refractivity contribution in [1.29, 1.82) is 5.26 Å². The van der Waals surface area contributed by atoms with Gasteiger partial charge in [0.25, 0.3) is 0 Å². The van der Waals surface area contributed by atoms with Gasteiger partial charge in [0.05, 0.1) is 11.6 Å². The van der Waals surface area contributed by atoms with Crippen LogP contribution in [0.1, 0.15) is 5.56 Å². The Hall–Kier alpha value is -9.30. The molecule has 12 aromatic rings. The van der Waals surface area contributed by atoms with Gasteiger partial charge in [0.1, 0.15) is 0 Å². The van der Waals surface area contributed by atoms with Crippen LogP contribution in [-0.2, 0) is 0 Å². The Balaban J connectivity index is 0.992. The van der Waals surface area contributed by atoms with Crippen molar-refractivity contribution in [2.24, 2.45) is 0 Å². The van der Waals surface area contributed by atoms with E-state index in [0.29, 0.717) is 23.0 Å². The standard InChI is InChI=1S/C64H40N4/c65-41-42-36-48(53-28-9-8-26-51(53)45-23-16-24-46(38-45)61-40-47-21-5-7-27-52(47)55-30-11-12-32-58(55)61)39-49(37-42)54-29-10-14-33-59(54)63-66-62(44-19-2-1-3-20-44)67-64(68-63)60-34-15-13-31-57(60)56-35-17-22-43-18-4-6-25-50(43)56/h1-40H. The summed E-state index contributed by atoms with van der Waals surface area (Å²) in [6, 6.07) is 87.0. The van der Waals surface area contributed by atoms with E-state index in [1.165, 1.54) is 32.5 Å². The van der Waals surface area contributed by atoms with E-state index in [2.05, 4.69) is 188 Å². The predicted octanol–water partition coefficient (Wildman–Crippen LogP) is 16.5. The molecule has 4 nitrogen and oxygen atoms in total. The first kappa shape index (κ1) is 40.2. The number of fused-ring (bicyclic) bond motifs is 4. The third-order valence-electron chi connectivity index (χ3n) is 12.9. The molecule has 0 N–H and O–H groups in total. The van der Waals surface area contributed by atoms with Gasteiger partial charge in [-0.05, 0) is 118 Å². The highest BCUT2D eigenvalue weighted by atomic mass is 15.0. The van der Waals surface area contributed by atoms with Gasteiger partial charge in [0.2, 0.25) is 0 Å². The maximum atomic E-state index is 10.6. The molecule has 0 saturated carbocycles. The molecular weight excluding hydrogens is 825 g/mol. The third kappa shape index (κ3) is 7.35. The SMILES string of the molecule is N#Cc1cc(-c2ccccc2-c2cccc(-c3cc4ccccc4c4ccccc34)c2)cc(-c2ccccc2-c2nc(-c3ccccc3)nc(-c3ccccc3-c3cccc4ccccc34)n2)c1. The molecule has 1 heterocycles. The molecule has 4 heteroatoms. The molecule has 0 unspecified atom stereocenters. The van der Waals surface area contributed by atoms with Crippen LogP contribution in [0.25, 0.3) is 122 Å². The molecule has 0 saturated heterocycles. The summed E-state index contributed by atoms with van der Waals surface area (Å²) >= 11 is 0. The summed E-state index contributed by atoms with van der Waals surface area (Å²) in [6.07, 6.45) is 0. The van der Waals surface area contributed by atoms with E-state index in [1.54, 1.807) is 0 Å². The van der Waals surface area contributed by atoms with Gasteiger partial charge in [-0.25, -0.2) is 15.0 Å². The molecule has 0 atom stereocenters. The minimum absolute atomic E-state index is 0.541. The first-order chi connectivity index (χ1) is 33.7. The van der Waals surface area contributed by atoms with Crippen LogP contribution >= 0.6 is 0 Å². The van der Waals surface area contributed by atoms with E-state index in [-0.39, 0.29) is 0 Å². The second kappa shape index (κ2) is 17.2. The third-order valence-corrected chi connectivity index (χ3v) is 12.9. The van der Waals surface area contributed by atoms with E-state index in [4.69, 9.17) is 15.0 Å². The van der Waals surface area contributed by atoms with Crippen LogP contribution in [0, 0.1) is 11.3 Å². The first-order valence-corrected chi connectivity index (χ1v) is 22.8. The molecule has 0 bridgehead atoms.